The minimum Gasteiger partial charge on any atom is -0.385 e. The largest absolute Gasteiger partial charge is 0.385 e. The lowest BCUT2D eigenvalue weighted by atomic mass is 10.1. The van der Waals surface area contributed by atoms with Crippen LogP contribution in [0.25, 0.3) is 0 Å². The van der Waals surface area contributed by atoms with Gasteiger partial charge in [-0.15, -0.1) is 4.40 Å². The van der Waals surface area contributed by atoms with E-state index in [1.807, 2.05) is 0 Å². The maximum Gasteiger partial charge on any atom is 0.322 e. The van der Waals surface area contributed by atoms with Crippen LogP contribution in [0.2, 0.25) is 5.02 Å². The van der Waals surface area contributed by atoms with Gasteiger partial charge in [-0.2, -0.15) is 13.1 Å². The van der Waals surface area contributed by atoms with Crippen molar-refractivity contribution >= 4 is 27.6 Å². The predicted octanol–water partition coefficient (Wildman–Crippen LogP) is 0.586. The normalized spacial score (nSPS) is 23.8. The molecular formula is C8H8ClN3O2S. The number of nitrogens with zero attached hydrogens (tertiary/aromatic N) is 1. The van der Waals surface area contributed by atoms with Gasteiger partial charge in [0.15, 0.2) is 0 Å². The van der Waals surface area contributed by atoms with Gasteiger partial charge in [0.2, 0.25) is 0 Å². The van der Waals surface area contributed by atoms with Gasteiger partial charge in [0.25, 0.3) is 0 Å². The average Bonchev–Trinajstić information content (AvgIpc) is 2.40. The third kappa shape index (κ3) is 2.11. The molecule has 0 saturated carbocycles. The van der Waals surface area contributed by atoms with Crippen molar-refractivity contribution in [1.29, 1.82) is 0 Å². The van der Waals surface area contributed by atoms with Gasteiger partial charge in [-0.3, -0.25) is 0 Å². The van der Waals surface area contributed by atoms with Crippen LogP contribution in [0.5, 0.6) is 0 Å². The second-order valence-electron chi connectivity index (χ2n) is 3.10. The average molecular weight is 246 g/mol. The molecule has 7 heteroatoms. The standard InChI is InChI=1S/C8H8ClN3O2S/c9-6-3-1-2-5(4-6)7-8(10)12-15(13,14)11-7/h1-4,7,11H,(H2,10,12)/t7-/m0/s1. The molecule has 0 spiro atoms. The Morgan fingerprint density at radius 2 is 2.20 bits per heavy atom. The summed E-state index contributed by atoms with van der Waals surface area (Å²) in [6.07, 6.45) is 0. The van der Waals surface area contributed by atoms with Crippen LogP contribution in [0.15, 0.2) is 28.7 Å². The minimum atomic E-state index is -3.64. The van der Waals surface area contributed by atoms with Crippen LogP contribution in [0.3, 0.4) is 0 Å². The molecule has 0 radical (unpaired) electrons. The van der Waals surface area contributed by atoms with Gasteiger partial charge in [0, 0.05) is 5.02 Å². The van der Waals surface area contributed by atoms with Crippen LogP contribution in [0.1, 0.15) is 11.6 Å². The van der Waals surface area contributed by atoms with E-state index in [4.69, 9.17) is 17.3 Å². The number of hydrogen-bond donors (Lipinski definition) is 2. The molecule has 3 N–H and O–H groups in total. The molecule has 1 aliphatic rings. The molecule has 1 aromatic carbocycles. The number of nitrogens with two attached hydrogens (primary N) is 1. The summed E-state index contributed by atoms with van der Waals surface area (Å²) in [6.45, 7) is 0. The molecule has 0 unspecified atom stereocenters. The summed E-state index contributed by atoms with van der Waals surface area (Å²) in [5.74, 6) is 0.0252. The van der Waals surface area contributed by atoms with Gasteiger partial charge in [0.05, 0.1) is 0 Å². The van der Waals surface area contributed by atoms with Crippen LogP contribution in [-0.4, -0.2) is 14.3 Å². The Bertz CT molecular complexity index is 526. The zero-order valence-corrected chi connectivity index (χ0v) is 9.09. The lowest BCUT2D eigenvalue weighted by Gasteiger charge is -2.09. The third-order valence-corrected chi connectivity index (χ3v) is 3.19. The van der Waals surface area contributed by atoms with E-state index in [0.717, 1.165) is 0 Å². The maximum absolute atomic E-state index is 11.1. The van der Waals surface area contributed by atoms with Crippen molar-refractivity contribution in [2.75, 3.05) is 0 Å². The highest BCUT2D eigenvalue weighted by atomic mass is 35.5. The van der Waals surface area contributed by atoms with Crippen molar-refractivity contribution in [2.45, 2.75) is 6.04 Å². The summed E-state index contributed by atoms with van der Waals surface area (Å²) in [7, 11) is -3.64. The van der Waals surface area contributed by atoms with E-state index in [0.29, 0.717) is 10.6 Å². The fourth-order valence-electron chi connectivity index (χ4n) is 1.35. The van der Waals surface area contributed by atoms with Crippen molar-refractivity contribution in [2.24, 2.45) is 10.1 Å². The second-order valence-corrected chi connectivity index (χ2v) is 4.90. The van der Waals surface area contributed by atoms with Crippen LogP contribution < -0.4 is 10.5 Å². The van der Waals surface area contributed by atoms with Crippen LogP contribution in [0.4, 0.5) is 0 Å². The molecule has 15 heavy (non-hydrogen) atoms. The molecule has 0 aromatic heterocycles. The van der Waals surface area contributed by atoms with Crippen molar-refractivity contribution in [1.82, 2.24) is 4.72 Å². The Kier molecular flexibility index (Phi) is 2.41. The van der Waals surface area contributed by atoms with Crippen molar-refractivity contribution in [3.05, 3.63) is 34.9 Å². The molecule has 1 aromatic rings. The Hall–Kier alpha value is -1.11. The summed E-state index contributed by atoms with van der Waals surface area (Å²) in [4.78, 5) is 0. The molecule has 5 nitrogen and oxygen atoms in total. The molecule has 1 aliphatic heterocycles. The van der Waals surface area contributed by atoms with E-state index in [1.165, 1.54) is 0 Å². The first kappa shape index (κ1) is 10.4. The lowest BCUT2D eigenvalue weighted by Crippen LogP contribution is -2.28. The highest BCUT2D eigenvalue weighted by Crippen LogP contribution is 2.22. The molecule has 1 atom stereocenters. The fraction of sp³-hybridized carbons (Fsp3) is 0.125. The highest BCUT2D eigenvalue weighted by Gasteiger charge is 2.29. The monoisotopic (exact) mass is 245 g/mol. The number of amidine groups is 1. The number of nitrogens with one attached hydrogen (secondary N) is 1. The SMILES string of the molecule is NC1=NS(=O)(=O)N[C@H]1c1cccc(Cl)c1. The summed E-state index contributed by atoms with van der Waals surface area (Å²) in [5.41, 5.74) is 6.17. The Labute approximate surface area is 92.1 Å². The molecule has 2 rings (SSSR count). The topological polar surface area (TPSA) is 84.5 Å². The Morgan fingerprint density at radius 1 is 1.47 bits per heavy atom. The summed E-state index contributed by atoms with van der Waals surface area (Å²) in [6, 6.07) is 6.17. The zero-order chi connectivity index (χ0) is 11.1. The van der Waals surface area contributed by atoms with Gasteiger partial charge >= 0.3 is 10.2 Å². The number of hydrogen-bond acceptors (Lipinski definition) is 3. The molecule has 0 amide bonds. The fourth-order valence-corrected chi connectivity index (χ4v) is 2.54. The van der Waals surface area contributed by atoms with E-state index >= 15 is 0 Å². The van der Waals surface area contributed by atoms with Gasteiger partial charge in [0.1, 0.15) is 11.9 Å². The number of rotatable bonds is 1. The van der Waals surface area contributed by atoms with Gasteiger partial charge in [-0.1, -0.05) is 23.7 Å². The molecule has 0 saturated heterocycles. The van der Waals surface area contributed by atoms with Crippen molar-refractivity contribution < 1.29 is 8.42 Å². The Morgan fingerprint density at radius 3 is 2.73 bits per heavy atom. The first-order valence-corrected chi connectivity index (χ1v) is 5.93. The van der Waals surface area contributed by atoms with Crippen molar-refractivity contribution in [3.8, 4) is 0 Å². The van der Waals surface area contributed by atoms with Gasteiger partial charge in [-0.05, 0) is 17.7 Å². The van der Waals surface area contributed by atoms with Crippen LogP contribution >= 0.6 is 11.6 Å². The van der Waals surface area contributed by atoms with E-state index in [-0.39, 0.29) is 5.84 Å². The van der Waals surface area contributed by atoms with Crippen LogP contribution in [-0.2, 0) is 10.2 Å². The van der Waals surface area contributed by atoms with E-state index < -0.39 is 16.3 Å². The lowest BCUT2D eigenvalue weighted by molar-refractivity contribution is 0.585. The Balaban J connectivity index is 2.40. The summed E-state index contributed by atoms with van der Waals surface area (Å²) in [5, 5.41) is 0.520. The number of benzene rings is 1. The van der Waals surface area contributed by atoms with E-state index in [1.54, 1.807) is 24.3 Å². The number of halogens is 1. The van der Waals surface area contributed by atoms with Crippen LogP contribution in [0, 0.1) is 0 Å². The summed E-state index contributed by atoms with van der Waals surface area (Å²) < 4.78 is 27.8. The molecule has 0 aliphatic carbocycles. The van der Waals surface area contributed by atoms with E-state index in [9.17, 15) is 8.42 Å². The minimum absolute atomic E-state index is 0.0252. The van der Waals surface area contributed by atoms with Crippen molar-refractivity contribution in [3.63, 3.8) is 0 Å². The molecule has 0 fully saturated rings. The van der Waals surface area contributed by atoms with Gasteiger partial charge < -0.3 is 5.73 Å². The predicted molar refractivity (Wildman–Crippen MR) is 57.9 cm³/mol. The maximum atomic E-state index is 11.1. The van der Waals surface area contributed by atoms with E-state index in [2.05, 4.69) is 9.12 Å². The first-order chi connectivity index (χ1) is 6.98. The molecule has 1 heterocycles. The smallest absolute Gasteiger partial charge is 0.322 e. The third-order valence-electron chi connectivity index (χ3n) is 1.97. The quantitative estimate of drug-likeness (QED) is 0.759. The molecular weight excluding hydrogens is 238 g/mol. The van der Waals surface area contributed by atoms with Gasteiger partial charge in [-0.25, -0.2) is 0 Å². The summed E-state index contributed by atoms with van der Waals surface area (Å²) >= 11 is 5.78. The zero-order valence-electron chi connectivity index (χ0n) is 7.51. The second kappa shape index (κ2) is 3.48. The first-order valence-electron chi connectivity index (χ1n) is 4.11. The highest BCUT2D eigenvalue weighted by molar-refractivity contribution is 7.88. The molecule has 80 valence electrons. The molecule has 0 bridgehead atoms.